The summed E-state index contributed by atoms with van der Waals surface area (Å²) in [4.78, 5) is 13.7. The maximum Gasteiger partial charge on any atom is 0.407 e. The number of piperidine rings is 1. The van der Waals surface area contributed by atoms with Gasteiger partial charge in [0.2, 0.25) is 0 Å². The first-order chi connectivity index (χ1) is 10.3. The number of halogens is 1. The van der Waals surface area contributed by atoms with Crippen molar-refractivity contribution in [3.05, 3.63) is 24.3 Å². The zero-order chi connectivity index (χ0) is 16.3. The lowest BCUT2D eigenvalue weighted by Crippen LogP contribution is -2.53. The van der Waals surface area contributed by atoms with Crippen LogP contribution in [0.25, 0.3) is 0 Å². The van der Waals surface area contributed by atoms with Crippen molar-refractivity contribution in [3.8, 4) is 0 Å². The van der Waals surface area contributed by atoms with Crippen molar-refractivity contribution >= 4 is 17.5 Å². The van der Waals surface area contributed by atoms with Gasteiger partial charge in [-0.2, -0.15) is 0 Å². The number of alkyl carbamates (subject to hydrolysis) is 1. The number of nitrogen functional groups attached to an aromatic ring is 1. The molecule has 0 saturated carbocycles. The molecular formula is C16H24FN3O2. The summed E-state index contributed by atoms with van der Waals surface area (Å²) in [5.41, 5.74) is 6.81. The number of rotatable bonds is 2. The molecule has 1 aromatic rings. The van der Waals surface area contributed by atoms with Crippen molar-refractivity contribution in [2.45, 2.75) is 45.0 Å². The summed E-state index contributed by atoms with van der Waals surface area (Å²) in [6.45, 7) is 6.17. The van der Waals surface area contributed by atoms with E-state index in [0.717, 1.165) is 5.69 Å². The second-order valence-corrected chi connectivity index (χ2v) is 6.56. The number of amides is 1. The third kappa shape index (κ3) is 4.26. The fourth-order valence-electron chi connectivity index (χ4n) is 2.52. The minimum absolute atomic E-state index is 0.203. The highest BCUT2D eigenvalue weighted by Gasteiger charge is 2.32. The molecule has 2 unspecified atom stereocenters. The summed E-state index contributed by atoms with van der Waals surface area (Å²) in [5.74, 6) is 0. The van der Waals surface area contributed by atoms with Gasteiger partial charge in [0.25, 0.3) is 0 Å². The van der Waals surface area contributed by atoms with E-state index in [2.05, 4.69) is 5.32 Å². The summed E-state index contributed by atoms with van der Waals surface area (Å²) in [6, 6.07) is 6.88. The van der Waals surface area contributed by atoms with Crippen LogP contribution in [0.3, 0.4) is 0 Å². The number of carbonyl (C=O) groups excluding carboxylic acids is 1. The largest absolute Gasteiger partial charge is 0.444 e. The topological polar surface area (TPSA) is 67.6 Å². The van der Waals surface area contributed by atoms with Gasteiger partial charge in [0, 0.05) is 6.54 Å². The Bertz CT molecular complexity index is 530. The van der Waals surface area contributed by atoms with Gasteiger partial charge in [0.05, 0.1) is 24.0 Å². The molecule has 0 radical (unpaired) electrons. The molecule has 0 spiro atoms. The lowest BCUT2D eigenvalue weighted by Gasteiger charge is -2.37. The van der Waals surface area contributed by atoms with Crippen molar-refractivity contribution in [1.82, 2.24) is 5.32 Å². The highest BCUT2D eigenvalue weighted by atomic mass is 19.1. The van der Waals surface area contributed by atoms with Gasteiger partial charge < -0.3 is 20.7 Å². The number of benzene rings is 1. The fourth-order valence-corrected chi connectivity index (χ4v) is 2.52. The molecule has 5 nitrogen and oxygen atoms in total. The fraction of sp³-hybridized carbons (Fsp3) is 0.562. The average molecular weight is 309 g/mol. The van der Waals surface area contributed by atoms with E-state index in [1.54, 1.807) is 26.8 Å². The number of nitrogens with two attached hydrogens (primary N) is 1. The van der Waals surface area contributed by atoms with Crippen LogP contribution in [0, 0.1) is 0 Å². The second kappa shape index (κ2) is 6.42. The molecule has 22 heavy (non-hydrogen) atoms. The molecule has 0 bridgehead atoms. The molecular weight excluding hydrogens is 285 g/mol. The molecule has 1 saturated heterocycles. The monoisotopic (exact) mass is 309 g/mol. The lowest BCUT2D eigenvalue weighted by atomic mass is 10.0. The molecule has 6 heteroatoms. The highest BCUT2D eigenvalue weighted by molar-refractivity contribution is 5.69. The summed E-state index contributed by atoms with van der Waals surface area (Å²) in [7, 11) is 0. The van der Waals surface area contributed by atoms with Crippen LogP contribution in [0.2, 0.25) is 0 Å². The van der Waals surface area contributed by atoms with Crippen LogP contribution in [0.4, 0.5) is 20.6 Å². The molecule has 0 aliphatic carbocycles. The Labute approximate surface area is 130 Å². The standard InChI is InChI=1S/C16H24FN3O2/c1-16(2,3)22-15(21)19-13-8-9-20(10-11(13)17)14-7-5-4-6-12(14)18/h4-7,11,13H,8-10,18H2,1-3H3,(H,19,21). The number of hydrogen-bond donors (Lipinski definition) is 2. The van der Waals surface area contributed by atoms with Crippen LogP contribution >= 0.6 is 0 Å². The van der Waals surface area contributed by atoms with Gasteiger partial charge >= 0.3 is 6.09 Å². The summed E-state index contributed by atoms with van der Waals surface area (Å²) in [6.07, 6.45) is -1.23. The van der Waals surface area contributed by atoms with E-state index in [9.17, 15) is 9.18 Å². The Morgan fingerprint density at radius 2 is 2.09 bits per heavy atom. The number of nitrogens with zero attached hydrogens (tertiary/aromatic N) is 1. The zero-order valence-corrected chi connectivity index (χ0v) is 13.3. The Kier molecular flexibility index (Phi) is 4.78. The average Bonchev–Trinajstić information content (AvgIpc) is 2.39. The normalized spacial score (nSPS) is 22.3. The lowest BCUT2D eigenvalue weighted by molar-refractivity contribution is 0.0463. The van der Waals surface area contributed by atoms with Crippen LogP contribution in [0.15, 0.2) is 24.3 Å². The number of anilines is 2. The van der Waals surface area contributed by atoms with Crippen molar-refractivity contribution < 1.29 is 13.9 Å². The Hall–Kier alpha value is -1.98. The van der Waals surface area contributed by atoms with Crippen LogP contribution in [-0.4, -0.2) is 37.0 Å². The van der Waals surface area contributed by atoms with Crippen molar-refractivity contribution in [1.29, 1.82) is 0 Å². The van der Waals surface area contributed by atoms with E-state index in [-0.39, 0.29) is 6.54 Å². The number of nitrogens with one attached hydrogen (secondary N) is 1. The van der Waals surface area contributed by atoms with Crippen LogP contribution < -0.4 is 16.0 Å². The van der Waals surface area contributed by atoms with Gasteiger partial charge in [-0.1, -0.05) is 12.1 Å². The molecule has 122 valence electrons. The maximum absolute atomic E-state index is 14.4. The zero-order valence-electron chi connectivity index (χ0n) is 13.3. The van der Waals surface area contributed by atoms with E-state index < -0.39 is 23.9 Å². The number of alkyl halides is 1. The van der Waals surface area contributed by atoms with Gasteiger partial charge in [-0.05, 0) is 39.3 Å². The van der Waals surface area contributed by atoms with Crippen molar-refractivity contribution in [2.24, 2.45) is 0 Å². The van der Waals surface area contributed by atoms with E-state index >= 15 is 0 Å². The minimum Gasteiger partial charge on any atom is -0.444 e. The first-order valence-electron chi connectivity index (χ1n) is 7.49. The smallest absolute Gasteiger partial charge is 0.407 e. The first kappa shape index (κ1) is 16.4. The van der Waals surface area contributed by atoms with Gasteiger partial charge in [-0.25, -0.2) is 9.18 Å². The van der Waals surface area contributed by atoms with E-state index in [1.807, 2.05) is 23.1 Å². The predicted molar refractivity (Wildman–Crippen MR) is 85.7 cm³/mol. The number of carbonyl (C=O) groups is 1. The van der Waals surface area contributed by atoms with Gasteiger partial charge in [0.1, 0.15) is 11.8 Å². The molecule has 1 aliphatic heterocycles. The van der Waals surface area contributed by atoms with Gasteiger partial charge in [0.15, 0.2) is 0 Å². The SMILES string of the molecule is CC(C)(C)OC(=O)NC1CCN(c2ccccc2N)CC1F. The summed E-state index contributed by atoms with van der Waals surface area (Å²) < 4.78 is 19.5. The van der Waals surface area contributed by atoms with Crippen LogP contribution in [0.1, 0.15) is 27.2 Å². The Morgan fingerprint density at radius 1 is 1.41 bits per heavy atom. The molecule has 0 aromatic heterocycles. The summed E-state index contributed by atoms with van der Waals surface area (Å²) in [5, 5.41) is 2.62. The van der Waals surface area contributed by atoms with Crippen molar-refractivity contribution in [2.75, 3.05) is 23.7 Å². The molecule has 3 N–H and O–H groups in total. The minimum atomic E-state index is -1.17. The Morgan fingerprint density at radius 3 is 2.68 bits per heavy atom. The number of para-hydroxylation sites is 2. The molecule has 1 amide bonds. The van der Waals surface area contributed by atoms with E-state index in [0.29, 0.717) is 18.7 Å². The van der Waals surface area contributed by atoms with Gasteiger partial charge in [-0.15, -0.1) is 0 Å². The van der Waals surface area contributed by atoms with E-state index in [4.69, 9.17) is 10.5 Å². The molecule has 1 fully saturated rings. The molecule has 2 rings (SSSR count). The molecule has 1 aliphatic rings. The van der Waals surface area contributed by atoms with Crippen molar-refractivity contribution in [3.63, 3.8) is 0 Å². The predicted octanol–water partition coefficient (Wildman–Crippen LogP) is 2.71. The maximum atomic E-state index is 14.4. The number of ether oxygens (including phenoxy) is 1. The quantitative estimate of drug-likeness (QED) is 0.824. The first-order valence-corrected chi connectivity index (χ1v) is 7.49. The Balaban J connectivity index is 1.93. The number of hydrogen-bond acceptors (Lipinski definition) is 4. The molecule has 1 heterocycles. The van der Waals surface area contributed by atoms with Crippen LogP contribution in [-0.2, 0) is 4.74 Å². The van der Waals surface area contributed by atoms with Gasteiger partial charge in [-0.3, -0.25) is 0 Å². The third-order valence-electron chi connectivity index (χ3n) is 3.52. The molecule has 1 aromatic carbocycles. The highest BCUT2D eigenvalue weighted by Crippen LogP contribution is 2.27. The second-order valence-electron chi connectivity index (χ2n) is 6.56. The van der Waals surface area contributed by atoms with E-state index in [1.165, 1.54) is 0 Å². The third-order valence-corrected chi connectivity index (χ3v) is 3.52. The van der Waals surface area contributed by atoms with Crippen LogP contribution in [0.5, 0.6) is 0 Å². The molecule has 2 atom stereocenters. The summed E-state index contributed by atoms with van der Waals surface area (Å²) >= 11 is 0.